The van der Waals surface area contributed by atoms with E-state index in [1.54, 1.807) is 12.4 Å². The zero-order chi connectivity index (χ0) is 92.2. The van der Waals surface area contributed by atoms with Crippen LogP contribution in [0.3, 0.4) is 0 Å². The Balaban J connectivity index is 0.000000111. The Hall–Kier alpha value is -18.2. The predicted molar refractivity (Wildman–Crippen MR) is 566 cm³/mol. The van der Waals surface area contributed by atoms with Crippen molar-refractivity contribution in [2.24, 2.45) is 0 Å². The van der Waals surface area contributed by atoms with Gasteiger partial charge in [-0.1, -0.05) is 437 Å². The van der Waals surface area contributed by atoms with Crippen molar-refractivity contribution in [2.45, 2.75) is 17.3 Å². The highest BCUT2D eigenvalue weighted by Gasteiger charge is 2.52. The summed E-state index contributed by atoms with van der Waals surface area (Å²) in [5, 5.41) is 2.58. The van der Waals surface area contributed by atoms with Crippen LogP contribution in [0, 0.1) is 0 Å². The third-order valence-electron chi connectivity index (χ3n) is 28.0. The Morgan fingerprint density at radius 3 is 0.856 bits per heavy atom. The minimum absolute atomic E-state index is 0.357. The number of aromatic nitrogens is 8. The molecule has 0 saturated carbocycles. The fraction of sp³-hybridized carbons (Fsp3) is 0.0229. The maximum atomic E-state index is 5.23. The fourth-order valence-corrected chi connectivity index (χ4v) is 21.6. The average molecular weight is 1770 g/mol. The Morgan fingerprint density at radius 2 is 0.453 bits per heavy atom. The highest BCUT2D eigenvalue weighted by molar-refractivity contribution is 6.03. The molecule has 5 aromatic heterocycles. The topological polar surface area (TPSA) is 103 Å². The summed E-state index contributed by atoms with van der Waals surface area (Å²) < 4.78 is 0. The Bertz CT molecular complexity index is 8230. The van der Waals surface area contributed by atoms with Crippen molar-refractivity contribution in [1.82, 2.24) is 39.9 Å². The SMILES string of the molecule is c1ccc(-c2cc(-c3ccc4c(c3)-c3c(ccc5ccccc35)C4)nc(-c3ccc(-c4cccnc4)cc3)n2)cc1.c1ccc(-c2cc(-c3ccc4c(c3)-c3ccccc3C4(c3ccccc3)c3ccccc3)nc(-c3ccc(-c4cccnc4)cc3)n2)cc1.c1ccc(-c2ccc(-c3nc(-c4ccccc4)cc(-c4ccc5c(c4)-c4ccccc4C54c5ccccc5-c5ccccc54)n3)cc2)cc1. The van der Waals surface area contributed by atoms with Crippen molar-refractivity contribution in [3.8, 4) is 180 Å². The van der Waals surface area contributed by atoms with Crippen molar-refractivity contribution in [1.29, 1.82) is 0 Å². The molecule has 23 aromatic rings. The molecule has 0 unspecified atom stereocenters. The lowest BCUT2D eigenvalue weighted by atomic mass is 9.67. The van der Waals surface area contributed by atoms with Crippen LogP contribution in [-0.2, 0) is 17.3 Å². The number of nitrogens with zero attached hydrogens (tertiary/aromatic N) is 8. The number of hydrogen-bond acceptors (Lipinski definition) is 8. The first-order valence-corrected chi connectivity index (χ1v) is 47.3. The van der Waals surface area contributed by atoms with Crippen molar-refractivity contribution < 1.29 is 0 Å². The van der Waals surface area contributed by atoms with Crippen molar-refractivity contribution in [2.75, 3.05) is 0 Å². The van der Waals surface area contributed by atoms with E-state index in [1.165, 1.54) is 122 Å². The lowest BCUT2D eigenvalue weighted by Gasteiger charge is -2.33. The van der Waals surface area contributed by atoms with Gasteiger partial charge < -0.3 is 0 Å². The van der Waals surface area contributed by atoms with E-state index in [4.69, 9.17) is 29.9 Å². The summed E-state index contributed by atoms with van der Waals surface area (Å²) >= 11 is 0. The van der Waals surface area contributed by atoms with Crippen LogP contribution < -0.4 is 0 Å². The van der Waals surface area contributed by atoms with Crippen LogP contribution in [0.5, 0.6) is 0 Å². The maximum Gasteiger partial charge on any atom is 0.160 e. The van der Waals surface area contributed by atoms with Crippen LogP contribution in [0.25, 0.3) is 190 Å². The van der Waals surface area contributed by atoms with Gasteiger partial charge in [0.15, 0.2) is 17.5 Å². The zero-order valence-corrected chi connectivity index (χ0v) is 75.8. The Labute approximate surface area is 807 Å². The quantitative estimate of drug-likeness (QED) is 0.106. The van der Waals surface area contributed by atoms with E-state index >= 15 is 0 Å². The molecule has 0 radical (unpaired) electrons. The van der Waals surface area contributed by atoms with Crippen LogP contribution in [0.15, 0.2) is 510 Å². The number of benzene rings is 18. The summed E-state index contributed by atoms with van der Waals surface area (Å²) in [7, 11) is 0. The molecule has 0 saturated heterocycles. The number of rotatable bonds is 14. The van der Waals surface area contributed by atoms with Gasteiger partial charge in [0.2, 0.25) is 0 Å². The molecule has 0 atom stereocenters. The molecule has 27 rings (SSSR count). The highest BCUT2D eigenvalue weighted by Crippen LogP contribution is 2.64. The second-order valence-corrected chi connectivity index (χ2v) is 35.9. The largest absolute Gasteiger partial charge is 0.264 e. The van der Waals surface area contributed by atoms with Gasteiger partial charge in [-0.2, -0.15) is 0 Å². The van der Waals surface area contributed by atoms with Gasteiger partial charge in [-0.15, -0.1) is 0 Å². The van der Waals surface area contributed by atoms with E-state index in [0.29, 0.717) is 17.5 Å². The molecule has 8 heteroatoms. The lowest BCUT2D eigenvalue weighted by molar-refractivity contribution is 0.768. The summed E-state index contributed by atoms with van der Waals surface area (Å²) in [6.45, 7) is 0. The van der Waals surface area contributed by atoms with Gasteiger partial charge >= 0.3 is 0 Å². The first kappa shape index (κ1) is 82.7. The normalized spacial score (nSPS) is 12.5. The molecular formula is C131H86N8. The van der Waals surface area contributed by atoms with E-state index in [0.717, 1.165) is 113 Å². The highest BCUT2D eigenvalue weighted by atomic mass is 14.9. The summed E-state index contributed by atoms with van der Waals surface area (Å²) in [4.78, 5) is 39.3. The third kappa shape index (κ3) is 14.8. The first-order valence-electron chi connectivity index (χ1n) is 47.3. The molecule has 0 fully saturated rings. The zero-order valence-electron chi connectivity index (χ0n) is 75.8. The second-order valence-electron chi connectivity index (χ2n) is 35.9. The molecule has 139 heavy (non-hydrogen) atoms. The first-order chi connectivity index (χ1) is 68.9. The van der Waals surface area contributed by atoms with Crippen LogP contribution in [-0.4, -0.2) is 39.9 Å². The molecule has 650 valence electrons. The second kappa shape index (κ2) is 35.3. The number of fused-ring (bicyclic) bond motifs is 18. The molecule has 5 heterocycles. The Morgan fingerprint density at radius 1 is 0.173 bits per heavy atom. The van der Waals surface area contributed by atoms with Gasteiger partial charge in [-0.05, 0) is 199 Å². The summed E-state index contributed by atoms with van der Waals surface area (Å²) in [5.41, 5.74) is 44.2. The van der Waals surface area contributed by atoms with Crippen LogP contribution in [0.1, 0.15) is 55.6 Å². The minimum Gasteiger partial charge on any atom is -0.264 e. The third-order valence-corrected chi connectivity index (χ3v) is 28.0. The summed E-state index contributed by atoms with van der Waals surface area (Å²) in [6, 6.07) is 173. The van der Waals surface area contributed by atoms with E-state index in [-0.39, 0.29) is 5.41 Å². The predicted octanol–water partition coefficient (Wildman–Crippen LogP) is 31.7. The maximum absolute atomic E-state index is 5.23. The molecule has 0 N–H and O–H groups in total. The van der Waals surface area contributed by atoms with E-state index in [2.05, 4.69) is 459 Å². The Kier molecular flexibility index (Phi) is 21.0. The number of pyridine rings is 2. The summed E-state index contributed by atoms with van der Waals surface area (Å²) in [5.74, 6) is 2.12. The van der Waals surface area contributed by atoms with Gasteiger partial charge in [-0.25, -0.2) is 29.9 Å². The molecular weight excluding hydrogens is 1690 g/mol. The van der Waals surface area contributed by atoms with E-state index in [1.807, 2.05) is 48.8 Å². The molecule has 18 aromatic carbocycles. The molecule has 1 spiro atoms. The van der Waals surface area contributed by atoms with Crippen LogP contribution >= 0.6 is 0 Å². The van der Waals surface area contributed by atoms with E-state index in [9.17, 15) is 0 Å². The minimum atomic E-state index is -0.435. The molecule has 0 bridgehead atoms. The van der Waals surface area contributed by atoms with Gasteiger partial charge in [0.25, 0.3) is 0 Å². The van der Waals surface area contributed by atoms with Crippen molar-refractivity contribution in [3.05, 3.63) is 566 Å². The smallest absolute Gasteiger partial charge is 0.160 e. The standard InChI is InChI=1S/C47H30N2.C46H31N3.C38H25N3/c1-3-13-31(14-4-1)32-23-25-34(26-24-32)46-48-44(33-15-5-2-6-16-33)30-45(49-46)35-27-28-43-39(29-35)38-19-9-12-22-42(38)47(43)40-20-10-7-17-36(40)37-18-8-11-21-41(37)47;1-4-13-33(14-5-1)43-30-44(49-45(48-43)34-24-22-32(23-25-34)36-15-12-28-47-31-36)35-26-27-42-40(29-35)39-20-10-11-21-41(39)46(42,37-16-6-2-7-17-37)38-18-8-3-9-19-38;1-2-8-27(9-3-1)35-23-36(41-38(40-35)28-15-12-25(13-16-28)32-10-6-20-39-24-32)30-18-17-29-21-31-19-14-26-7-4-5-11-33(26)37(31)34(29)22-30/h1-30H;1-31H;1-20,22-24H,21H2. The van der Waals surface area contributed by atoms with Crippen LogP contribution in [0.4, 0.5) is 0 Å². The summed E-state index contributed by atoms with van der Waals surface area (Å²) in [6.07, 6.45) is 8.32. The monoisotopic (exact) mass is 1770 g/mol. The number of hydrogen-bond donors (Lipinski definition) is 0. The van der Waals surface area contributed by atoms with Crippen molar-refractivity contribution in [3.63, 3.8) is 0 Å². The van der Waals surface area contributed by atoms with Gasteiger partial charge in [0.1, 0.15) is 0 Å². The van der Waals surface area contributed by atoms with Gasteiger partial charge in [0, 0.05) is 74.9 Å². The molecule has 0 amide bonds. The van der Waals surface area contributed by atoms with Crippen molar-refractivity contribution >= 4 is 10.8 Å². The molecule has 4 aliphatic rings. The van der Waals surface area contributed by atoms with Gasteiger partial charge in [-0.3, -0.25) is 9.97 Å². The van der Waals surface area contributed by atoms with Crippen LogP contribution in [0.2, 0.25) is 0 Å². The molecule has 0 aliphatic heterocycles. The van der Waals surface area contributed by atoms with E-state index < -0.39 is 5.41 Å². The van der Waals surface area contributed by atoms with Gasteiger partial charge in [0.05, 0.1) is 45.0 Å². The lowest BCUT2D eigenvalue weighted by Crippen LogP contribution is -2.28. The molecule has 4 aliphatic carbocycles. The average Bonchev–Trinajstić information content (AvgIpc) is 1.35. The molecule has 8 nitrogen and oxygen atoms in total. The fourth-order valence-electron chi connectivity index (χ4n) is 21.6.